The van der Waals surface area contributed by atoms with Crippen LogP contribution in [0.4, 0.5) is 13.2 Å². The van der Waals surface area contributed by atoms with Crippen LogP contribution in [0.15, 0.2) is 34.7 Å². The van der Waals surface area contributed by atoms with Crippen molar-refractivity contribution in [3.05, 3.63) is 41.8 Å². The number of ether oxygens (including phenoxy) is 1. The molecule has 0 saturated heterocycles. The number of alkyl halides is 3. The Hall–Kier alpha value is -2.31. The van der Waals surface area contributed by atoms with E-state index in [9.17, 15) is 18.0 Å². The lowest BCUT2D eigenvalue weighted by atomic mass is 10.2. The molecular weight excluding hydrogens is 275 g/mol. The van der Waals surface area contributed by atoms with E-state index in [1.165, 1.54) is 6.92 Å². The summed E-state index contributed by atoms with van der Waals surface area (Å²) in [6.45, 7) is -0.220. The molecule has 0 unspecified atom stereocenters. The van der Waals surface area contributed by atoms with Crippen LogP contribution in [0.1, 0.15) is 16.2 Å². The van der Waals surface area contributed by atoms with Crippen LogP contribution in [0.2, 0.25) is 0 Å². The van der Waals surface area contributed by atoms with Crippen molar-refractivity contribution < 1.29 is 27.1 Å². The number of nitrogens with zero attached hydrogens (tertiary/aromatic N) is 1. The maximum atomic E-state index is 12.0. The Bertz CT molecular complexity index is 605. The molecule has 1 aromatic carbocycles. The molecular formula is C13H10F3NO3. The van der Waals surface area contributed by atoms with Crippen LogP contribution < -0.4 is 0 Å². The molecule has 0 N–H and O–H groups in total. The van der Waals surface area contributed by atoms with Gasteiger partial charge in [0.2, 0.25) is 5.89 Å². The SMILES string of the molecule is Cc1oc(-c2ccccc2)nc1C(=O)OCC(F)(F)F. The van der Waals surface area contributed by atoms with Gasteiger partial charge in [-0.3, -0.25) is 0 Å². The van der Waals surface area contributed by atoms with Crippen molar-refractivity contribution >= 4 is 5.97 Å². The van der Waals surface area contributed by atoms with Crippen molar-refractivity contribution in [2.24, 2.45) is 0 Å². The summed E-state index contributed by atoms with van der Waals surface area (Å²) >= 11 is 0. The van der Waals surface area contributed by atoms with E-state index in [2.05, 4.69) is 9.72 Å². The molecule has 7 heteroatoms. The van der Waals surface area contributed by atoms with Crippen molar-refractivity contribution in [1.29, 1.82) is 0 Å². The molecule has 0 atom stereocenters. The summed E-state index contributed by atoms with van der Waals surface area (Å²) in [5.41, 5.74) is 0.360. The second-order valence-electron chi connectivity index (χ2n) is 3.98. The number of aromatic nitrogens is 1. The first-order chi connectivity index (χ1) is 9.37. The van der Waals surface area contributed by atoms with E-state index in [-0.39, 0.29) is 17.3 Å². The van der Waals surface area contributed by atoms with Crippen molar-refractivity contribution in [1.82, 2.24) is 4.98 Å². The normalized spacial score (nSPS) is 11.4. The summed E-state index contributed by atoms with van der Waals surface area (Å²) in [5.74, 6) is -0.899. The number of carbonyl (C=O) groups is 1. The number of aryl methyl sites for hydroxylation is 1. The van der Waals surface area contributed by atoms with Crippen LogP contribution in [-0.4, -0.2) is 23.7 Å². The Labute approximate surface area is 112 Å². The van der Waals surface area contributed by atoms with Crippen molar-refractivity contribution in [3.63, 3.8) is 0 Å². The molecule has 0 aliphatic heterocycles. The smallest absolute Gasteiger partial charge is 0.422 e. The monoisotopic (exact) mass is 285 g/mol. The van der Waals surface area contributed by atoms with Gasteiger partial charge < -0.3 is 9.15 Å². The number of rotatable bonds is 3. The fraction of sp³-hybridized carbons (Fsp3) is 0.231. The Kier molecular flexibility index (Phi) is 3.78. The van der Waals surface area contributed by atoms with Crippen LogP contribution in [0.25, 0.3) is 11.5 Å². The van der Waals surface area contributed by atoms with Crippen LogP contribution >= 0.6 is 0 Å². The van der Waals surface area contributed by atoms with Gasteiger partial charge >= 0.3 is 12.1 Å². The second-order valence-corrected chi connectivity index (χ2v) is 3.98. The molecule has 2 rings (SSSR count). The minimum Gasteiger partial charge on any atom is -0.451 e. The fourth-order valence-corrected chi connectivity index (χ4v) is 1.51. The molecule has 2 aromatic rings. The van der Waals surface area contributed by atoms with E-state index in [0.29, 0.717) is 5.56 Å². The van der Waals surface area contributed by atoms with Crippen LogP contribution in [0.5, 0.6) is 0 Å². The molecule has 4 nitrogen and oxygen atoms in total. The lowest BCUT2D eigenvalue weighted by Crippen LogP contribution is -2.20. The quantitative estimate of drug-likeness (QED) is 0.811. The number of oxazole rings is 1. The minimum absolute atomic E-state index is 0.107. The Balaban J connectivity index is 2.18. The van der Waals surface area contributed by atoms with E-state index in [0.717, 1.165) is 0 Å². The predicted octanol–water partition coefficient (Wildman–Crippen LogP) is 3.37. The van der Waals surface area contributed by atoms with E-state index in [1.807, 2.05) is 0 Å². The van der Waals surface area contributed by atoms with Gasteiger partial charge in [0.25, 0.3) is 0 Å². The van der Waals surface area contributed by atoms with Crippen LogP contribution in [0.3, 0.4) is 0 Å². The summed E-state index contributed by atoms with van der Waals surface area (Å²) in [4.78, 5) is 15.4. The third-order valence-electron chi connectivity index (χ3n) is 2.38. The Morgan fingerprint density at radius 3 is 2.55 bits per heavy atom. The van der Waals surface area contributed by atoms with Gasteiger partial charge in [-0.2, -0.15) is 13.2 Å². The van der Waals surface area contributed by atoms with Gasteiger partial charge in [0.05, 0.1) is 0 Å². The first kappa shape index (κ1) is 14.1. The van der Waals surface area contributed by atoms with E-state index >= 15 is 0 Å². The van der Waals surface area contributed by atoms with Gasteiger partial charge in [-0.1, -0.05) is 18.2 Å². The van der Waals surface area contributed by atoms with Gasteiger partial charge in [-0.15, -0.1) is 0 Å². The summed E-state index contributed by atoms with van der Waals surface area (Å²) in [6.07, 6.45) is -4.57. The van der Waals surface area contributed by atoms with Gasteiger partial charge in [-0.25, -0.2) is 9.78 Å². The van der Waals surface area contributed by atoms with Crippen molar-refractivity contribution in [2.45, 2.75) is 13.1 Å². The fourth-order valence-electron chi connectivity index (χ4n) is 1.51. The number of esters is 1. The summed E-state index contributed by atoms with van der Waals surface area (Å²) < 4.78 is 45.3. The number of carbonyl (C=O) groups excluding carboxylic acids is 1. The highest BCUT2D eigenvalue weighted by molar-refractivity contribution is 5.88. The molecule has 0 spiro atoms. The Morgan fingerprint density at radius 2 is 1.95 bits per heavy atom. The summed E-state index contributed by atoms with van der Waals surface area (Å²) in [7, 11) is 0. The lowest BCUT2D eigenvalue weighted by Gasteiger charge is -2.06. The average Bonchev–Trinajstić information content (AvgIpc) is 2.78. The zero-order valence-corrected chi connectivity index (χ0v) is 10.4. The molecule has 106 valence electrons. The molecule has 0 aliphatic rings. The van der Waals surface area contributed by atoms with Crippen LogP contribution in [-0.2, 0) is 4.74 Å². The topological polar surface area (TPSA) is 52.3 Å². The highest BCUT2D eigenvalue weighted by Gasteiger charge is 2.31. The molecule has 1 aromatic heterocycles. The average molecular weight is 285 g/mol. The van der Waals surface area contributed by atoms with Gasteiger partial charge in [0, 0.05) is 5.56 Å². The van der Waals surface area contributed by atoms with E-state index < -0.39 is 18.8 Å². The number of benzene rings is 1. The number of halogens is 3. The first-order valence-corrected chi connectivity index (χ1v) is 5.63. The van der Waals surface area contributed by atoms with E-state index in [4.69, 9.17) is 4.42 Å². The van der Waals surface area contributed by atoms with Crippen LogP contribution in [0, 0.1) is 6.92 Å². The van der Waals surface area contributed by atoms with Gasteiger partial charge in [0.15, 0.2) is 12.3 Å². The standard InChI is InChI=1S/C13H10F3NO3/c1-8-10(12(18)19-7-13(14,15)16)17-11(20-8)9-5-3-2-4-6-9/h2-6H,7H2,1H3. The maximum absolute atomic E-state index is 12.0. The zero-order chi connectivity index (χ0) is 14.8. The van der Waals surface area contributed by atoms with Crippen molar-refractivity contribution in [3.8, 4) is 11.5 Å². The zero-order valence-electron chi connectivity index (χ0n) is 10.4. The largest absolute Gasteiger partial charge is 0.451 e. The molecule has 20 heavy (non-hydrogen) atoms. The lowest BCUT2D eigenvalue weighted by molar-refractivity contribution is -0.161. The molecule has 0 saturated carbocycles. The highest BCUT2D eigenvalue weighted by Crippen LogP contribution is 2.22. The Morgan fingerprint density at radius 1 is 1.30 bits per heavy atom. The molecule has 0 aliphatic carbocycles. The summed E-state index contributed by atoms with van der Waals surface area (Å²) in [6, 6.07) is 8.69. The van der Waals surface area contributed by atoms with E-state index in [1.54, 1.807) is 30.3 Å². The van der Waals surface area contributed by atoms with Crippen molar-refractivity contribution in [2.75, 3.05) is 6.61 Å². The highest BCUT2D eigenvalue weighted by atomic mass is 19.4. The first-order valence-electron chi connectivity index (χ1n) is 5.63. The third kappa shape index (κ3) is 3.37. The molecule has 0 fully saturated rings. The number of hydrogen-bond donors (Lipinski definition) is 0. The maximum Gasteiger partial charge on any atom is 0.422 e. The molecule has 0 bridgehead atoms. The molecule has 1 heterocycles. The molecule has 0 amide bonds. The second kappa shape index (κ2) is 5.36. The molecule has 0 radical (unpaired) electrons. The van der Waals surface area contributed by atoms with Gasteiger partial charge in [-0.05, 0) is 19.1 Å². The minimum atomic E-state index is -4.57. The summed E-state index contributed by atoms with van der Waals surface area (Å²) in [5, 5.41) is 0. The van der Waals surface area contributed by atoms with Gasteiger partial charge in [0.1, 0.15) is 5.76 Å². The predicted molar refractivity (Wildman–Crippen MR) is 63.0 cm³/mol. The third-order valence-corrected chi connectivity index (χ3v) is 2.38. The number of hydrogen-bond acceptors (Lipinski definition) is 4.